The summed E-state index contributed by atoms with van der Waals surface area (Å²) in [5.74, 6) is 2.40. The molecule has 218 valence electrons. The van der Waals surface area contributed by atoms with Gasteiger partial charge in [0.1, 0.15) is 11.6 Å². The number of aromatic hydroxyl groups is 1. The number of methoxy groups -OCH3 is 1. The van der Waals surface area contributed by atoms with Crippen LogP contribution in [0.1, 0.15) is 61.3 Å². The van der Waals surface area contributed by atoms with E-state index in [4.69, 9.17) is 9.72 Å². The summed E-state index contributed by atoms with van der Waals surface area (Å²) < 4.78 is 5.17. The van der Waals surface area contributed by atoms with Crippen molar-refractivity contribution in [2.75, 3.05) is 37.9 Å². The predicted molar refractivity (Wildman–Crippen MR) is 167 cm³/mol. The molecule has 2 aromatic rings. The van der Waals surface area contributed by atoms with E-state index in [1.54, 1.807) is 18.2 Å². The number of pyridine rings is 1. The zero-order valence-electron chi connectivity index (χ0n) is 23.7. The van der Waals surface area contributed by atoms with Gasteiger partial charge in [0.05, 0.1) is 24.9 Å². The van der Waals surface area contributed by atoms with Crippen LogP contribution in [0.4, 0.5) is 5.82 Å². The number of ketones is 2. The first kappa shape index (κ1) is 29.4. The molecule has 0 aliphatic carbocycles. The fourth-order valence-corrected chi connectivity index (χ4v) is 9.24. The molecule has 8 nitrogen and oxygen atoms in total. The van der Waals surface area contributed by atoms with Crippen molar-refractivity contribution in [1.29, 1.82) is 0 Å². The number of ether oxygens (including phenoxy) is 1. The Hall–Kier alpha value is -3.11. The van der Waals surface area contributed by atoms with Crippen molar-refractivity contribution in [1.82, 2.24) is 15.2 Å². The van der Waals surface area contributed by atoms with Crippen molar-refractivity contribution >= 4 is 45.0 Å². The van der Waals surface area contributed by atoms with E-state index < -0.39 is 0 Å². The summed E-state index contributed by atoms with van der Waals surface area (Å²) in [7, 11) is 5.31. The topological polar surface area (TPSA) is 104 Å². The van der Waals surface area contributed by atoms with Crippen molar-refractivity contribution < 1.29 is 19.4 Å². The van der Waals surface area contributed by atoms with Gasteiger partial charge in [-0.25, -0.2) is 4.98 Å². The minimum Gasteiger partial charge on any atom is -0.504 e. The Balaban J connectivity index is 1.56. The summed E-state index contributed by atoms with van der Waals surface area (Å²) in [6.45, 7) is 4.65. The van der Waals surface area contributed by atoms with Crippen LogP contribution >= 0.6 is 21.6 Å². The molecule has 1 aromatic carbocycles. The maximum atomic E-state index is 12.7. The molecule has 3 aliphatic heterocycles. The zero-order chi connectivity index (χ0) is 28.8. The third kappa shape index (κ3) is 7.04. The monoisotopic (exact) mass is 594 g/mol. The van der Waals surface area contributed by atoms with Crippen LogP contribution in [0.5, 0.6) is 11.5 Å². The van der Waals surface area contributed by atoms with Gasteiger partial charge in [-0.3, -0.25) is 9.59 Å². The number of aromatic nitrogens is 1. The summed E-state index contributed by atoms with van der Waals surface area (Å²) in [5.41, 5.74) is 3.81. The van der Waals surface area contributed by atoms with Crippen LogP contribution in [0, 0.1) is 5.92 Å². The highest BCUT2D eigenvalue weighted by molar-refractivity contribution is 8.77. The Bertz CT molecular complexity index is 1350. The van der Waals surface area contributed by atoms with E-state index in [9.17, 15) is 14.7 Å². The molecule has 0 amide bonds. The second-order valence-electron chi connectivity index (χ2n) is 10.9. The van der Waals surface area contributed by atoms with Gasteiger partial charge in [0.25, 0.3) is 0 Å². The number of nitrogens with one attached hydrogen (secondary N) is 2. The molecular formula is C31H38N4O4S2. The van der Waals surface area contributed by atoms with E-state index in [-0.39, 0.29) is 28.5 Å². The molecule has 10 heteroatoms. The number of nitrogens with zero attached hydrogens (tertiary/aromatic N) is 2. The molecule has 2 atom stereocenters. The summed E-state index contributed by atoms with van der Waals surface area (Å²) in [4.78, 5) is 32.5. The molecule has 41 heavy (non-hydrogen) atoms. The fourth-order valence-electron chi connectivity index (χ4n) is 5.56. The van der Waals surface area contributed by atoms with Crippen molar-refractivity contribution in [2.24, 2.45) is 5.92 Å². The lowest BCUT2D eigenvalue weighted by molar-refractivity contribution is -0.124. The van der Waals surface area contributed by atoms with Crippen LogP contribution in [0.25, 0.3) is 6.08 Å². The number of anilines is 1. The van der Waals surface area contributed by atoms with Crippen LogP contribution in [-0.2, 0) is 20.8 Å². The first-order chi connectivity index (χ1) is 19.9. The number of fused-ring (bicyclic) bond motifs is 2. The number of carbonyl (C=O) groups is 2. The molecule has 3 aliphatic rings. The third-order valence-corrected chi connectivity index (χ3v) is 11.3. The molecule has 0 fully saturated rings. The smallest absolute Gasteiger partial charge is 0.163 e. The number of phenolic OH excluding ortho intramolecular Hbond substituents is 1. The maximum Gasteiger partial charge on any atom is 0.163 e. The van der Waals surface area contributed by atoms with Crippen molar-refractivity contribution in [3.8, 4) is 11.5 Å². The summed E-state index contributed by atoms with van der Waals surface area (Å²) >= 11 is 0. The Morgan fingerprint density at radius 1 is 1.22 bits per heavy atom. The van der Waals surface area contributed by atoms with Crippen molar-refractivity contribution in [3.63, 3.8) is 0 Å². The lowest BCUT2D eigenvalue weighted by Crippen LogP contribution is -2.41. The minimum atomic E-state index is -0.219. The fraction of sp³-hybridized carbons (Fsp3) is 0.452. The number of rotatable bonds is 4. The number of hydrogen-bond acceptors (Lipinski definition) is 10. The first-order valence-corrected chi connectivity index (χ1v) is 16.5. The molecule has 4 heterocycles. The Kier molecular flexibility index (Phi) is 9.49. The van der Waals surface area contributed by atoms with Gasteiger partial charge in [-0.1, -0.05) is 41.0 Å². The molecule has 5 rings (SSSR count). The Morgan fingerprint density at radius 3 is 2.88 bits per heavy atom. The highest BCUT2D eigenvalue weighted by Gasteiger charge is 2.40. The SMILES string of the molecule is CCC1CCC(=O)CC(=O)C=Cc2cc(OC)c(O)cc2Cc2cnc3c(c2)C(CN2C=CNC2)(CCN3)SSC1. The van der Waals surface area contributed by atoms with E-state index in [1.807, 2.05) is 34.0 Å². The van der Waals surface area contributed by atoms with Crippen molar-refractivity contribution in [3.05, 3.63) is 65.1 Å². The number of allylic oxidation sites excluding steroid dienone is 1. The molecule has 0 radical (unpaired) electrons. The van der Waals surface area contributed by atoms with Crippen molar-refractivity contribution in [2.45, 2.75) is 50.2 Å². The number of phenols is 1. The molecule has 2 bridgehead atoms. The van der Waals surface area contributed by atoms with Crippen LogP contribution in [0.15, 0.2) is 42.9 Å². The molecule has 0 saturated carbocycles. The van der Waals surface area contributed by atoms with Gasteiger partial charge in [-0.2, -0.15) is 0 Å². The number of Topliss-reactive ketones (excluding diaryl/α,β-unsaturated/α-hetero) is 1. The van der Waals surface area contributed by atoms with Gasteiger partial charge in [0.15, 0.2) is 17.3 Å². The summed E-state index contributed by atoms with van der Waals surface area (Å²) in [6, 6.07) is 5.68. The van der Waals surface area contributed by atoms with Crippen LogP contribution in [0.2, 0.25) is 0 Å². The summed E-state index contributed by atoms with van der Waals surface area (Å²) in [5, 5.41) is 17.4. The Labute approximate surface area is 249 Å². The van der Waals surface area contributed by atoms with E-state index in [0.29, 0.717) is 24.5 Å². The second kappa shape index (κ2) is 13.2. The average Bonchev–Trinajstić information content (AvgIpc) is 3.47. The quantitative estimate of drug-likeness (QED) is 0.312. The van der Waals surface area contributed by atoms with Crippen LogP contribution < -0.4 is 15.4 Å². The minimum absolute atomic E-state index is 0.0192. The van der Waals surface area contributed by atoms with Gasteiger partial charge in [-0.05, 0) is 66.1 Å². The van der Waals surface area contributed by atoms with Gasteiger partial charge in [0, 0.05) is 49.4 Å². The normalized spacial score (nSPS) is 23.3. The molecule has 1 aromatic heterocycles. The molecule has 2 unspecified atom stereocenters. The van der Waals surface area contributed by atoms with Gasteiger partial charge in [-0.15, -0.1) is 0 Å². The molecule has 3 N–H and O–H groups in total. The first-order valence-electron chi connectivity index (χ1n) is 14.2. The average molecular weight is 595 g/mol. The highest BCUT2D eigenvalue weighted by atomic mass is 33.1. The number of carbonyl (C=O) groups excluding carboxylic acids is 2. The number of hydrogen-bond donors (Lipinski definition) is 3. The predicted octanol–water partition coefficient (Wildman–Crippen LogP) is 5.47. The molecular weight excluding hydrogens is 556 g/mol. The molecule has 0 spiro atoms. The van der Waals surface area contributed by atoms with E-state index in [0.717, 1.165) is 67.3 Å². The van der Waals surface area contributed by atoms with E-state index >= 15 is 0 Å². The van der Waals surface area contributed by atoms with Crippen LogP contribution in [0.3, 0.4) is 0 Å². The zero-order valence-corrected chi connectivity index (χ0v) is 25.3. The van der Waals surface area contributed by atoms with Gasteiger partial charge >= 0.3 is 0 Å². The maximum absolute atomic E-state index is 12.7. The molecule has 0 saturated heterocycles. The number of benzene rings is 1. The van der Waals surface area contributed by atoms with Gasteiger partial charge < -0.3 is 25.4 Å². The van der Waals surface area contributed by atoms with E-state index in [1.165, 1.54) is 18.7 Å². The highest BCUT2D eigenvalue weighted by Crippen LogP contribution is 2.52. The Morgan fingerprint density at radius 2 is 2.10 bits per heavy atom. The lowest BCUT2D eigenvalue weighted by Gasteiger charge is -2.40. The summed E-state index contributed by atoms with van der Waals surface area (Å²) in [6.07, 6.45) is 12.8. The second-order valence-corrected chi connectivity index (χ2v) is 13.7. The third-order valence-electron chi connectivity index (χ3n) is 8.00. The largest absolute Gasteiger partial charge is 0.504 e. The van der Waals surface area contributed by atoms with Gasteiger partial charge in [0.2, 0.25) is 0 Å². The standard InChI is InChI=1S/C31H38N4O4S2/c1-3-21-4-6-25(36)16-26(37)7-5-23-15-29(39-2)28(38)14-24(23)12-22-13-27-30(34-17-22)33-9-8-31(27,41-40-18-21)19-35-11-10-32-20-35/h5,7,10-11,13-15,17,21,32,38H,3-4,6,8-9,12,16,18-20H2,1-2H3,(H,33,34). The van der Waals surface area contributed by atoms with Crippen LogP contribution in [-0.4, -0.2) is 59.2 Å². The van der Waals surface area contributed by atoms with E-state index in [2.05, 4.69) is 34.7 Å². The lowest BCUT2D eigenvalue weighted by atomic mass is 9.89.